The Labute approximate surface area is 93.9 Å². The molecule has 2 aromatic rings. The van der Waals surface area contributed by atoms with Crippen LogP contribution in [0.5, 0.6) is 0 Å². The molecule has 0 saturated heterocycles. The van der Waals surface area contributed by atoms with Gasteiger partial charge in [-0.2, -0.15) is 0 Å². The molecule has 3 N–H and O–H groups in total. The Hall–Kier alpha value is -1.46. The first-order chi connectivity index (χ1) is 7.52. The van der Waals surface area contributed by atoms with Gasteiger partial charge in [0.05, 0.1) is 5.60 Å². The van der Waals surface area contributed by atoms with Crippen LogP contribution in [-0.4, -0.2) is 31.9 Å². The van der Waals surface area contributed by atoms with Gasteiger partial charge >= 0.3 is 0 Å². The highest BCUT2D eigenvalue weighted by atomic mass is 16.3. The minimum Gasteiger partial charge on any atom is -0.388 e. The number of nitrogens with zero attached hydrogens (tertiary/aromatic N) is 3. The van der Waals surface area contributed by atoms with E-state index in [4.69, 9.17) is 5.73 Å². The molecule has 0 bridgehead atoms. The topological polar surface area (TPSA) is 76.4 Å². The fourth-order valence-electron chi connectivity index (χ4n) is 1.58. The Morgan fingerprint density at radius 3 is 2.94 bits per heavy atom. The van der Waals surface area contributed by atoms with Crippen LogP contribution in [-0.2, 0) is 6.42 Å². The first-order valence-electron chi connectivity index (χ1n) is 5.24. The standard InChI is InChI=1S/C11H16N4O/c1-8-3-4-15-9(5-8)13-14-10(15)6-11(2,16)7-12/h3-5,16H,6-7,12H2,1-2H3. The summed E-state index contributed by atoms with van der Waals surface area (Å²) in [6, 6.07) is 3.94. The van der Waals surface area contributed by atoms with Crippen LogP contribution in [0.25, 0.3) is 5.65 Å². The van der Waals surface area contributed by atoms with Crippen molar-refractivity contribution in [2.75, 3.05) is 6.54 Å². The van der Waals surface area contributed by atoms with E-state index in [1.54, 1.807) is 6.92 Å². The highest BCUT2D eigenvalue weighted by molar-refractivity contribution is 5.40. The molecule has 0 spiro atoms. The van der Waals surface area contributed by atoms with E-state index in [0.29, 0.717) is 6.42 Å². The minimum absolute atomic E-state index is 0.202. The van der Waals surface area contributed by atoms with Crippen LogP contribution in [0.3, 0.4) is 0 Å². The molecular formula is C11H16N4O. The molecule has 2 rings (SSSR count). The maximum absolute atomic E-state index is 9.90. The smallest absolute Gasteiger partial charge is 0.161 e. The SMILES string of the molecule is Cc1ccn2c(CC(C)(O)CN)nnc2c1. The number of fused-ring (bicyclic) bond motifs is 1. The molecule has 0 fully saturated rings. The molecule has 16 heavy (non-hydrogen) atoms. The van der Waals surface area contributed by atoms with Crippen molar-refractivity contribution < 1.29 is 5.11 Å². The fraction of sp³-hybridized carbons (Fsp3) is 0.455. The van der Waals surface area contributed by atoms with Crippen LogP contribution < -0.4 is 5.73 Å². The molecule has 2 heterocycles. The zero-order valence-corrected chi connectivity index (χ0v) is 9.51. The molecule has 0 aliphatic carbocycles. The second-order valence-electron chi connectivity index (χ2n) is 4.43. The summed E-state index contributed by atoms with van der Waals surface area (Å²) >= 11 is 0. The summed E-state index contributed by atoms with van der Waals surface area (Å²) in [5, 5.41) is 18.0. The molecule has 1 unspecified atom stereocenters. The van der Waals surface area contributed by atoms with E-state index >= 15 is 0 Å². The van der Waals surface area contributed by atoms with E-state index in [2.05, 4.69) is 10.2 Å². The van der Waals surface area contributed by atoms with E-state index in [0.717, 1.165) is 17.0 Å². The van der Waals surface area contributed by atoms with Crippen molar-refractivity contribution in [1.82, 2.24) is 14.6 Å². The number of aromatic nitrogens is 3. The van der Waals surface area contributed by atoms with Gasteiger partial charge in [-0.15, -0.1) is 10.2 Å². The average molecular weight is 220 g/mol. The van der Waals surface area contributed by atoms with E-state index in [1.165, 1.54) is 0 Å². The van der Waals surface area contributed by atoms with Gasteiger partial charge in [0.2, 0.25) is 0 Å². The van der Waals surface area contributed by atoms with Crippen LogP contribution in [0, 0.1) is 6.92 Å². The Kier molecular flexibility index (Phi) is 2.65. The molecule has 0 aromatic carbocycles. The molecule has 0 aliphatic rings. The number of hydrogen-bond acceptors (Lipinski definition) is 4. The third-order valence-corrected chi connectivity index (χ3v) is 2.61. The maximum Gasteiger partial charge on any atom is 0.161 e. The second kappa shape index (κ2) is 3.84. The van der Waals surface area contributed by atoms with E-state index in [1.807, 2.05) is 29.7 Å². The lowest BCUT2D eigenvalue weighted by Gasteiger charge is -2.19. The quantitative estimate of drug-likeness (QED) is 0.779. The molecule has 5 heteroatoms. The Balaban J connectivity index is 2.39. The molecule has 5 nitrogen and oxygen atoms in total. The van der Waals surface area contributed by atoms with E-state index in [-0.39, 0.29) is 6.54 Å². The van der Waals surface area contributed by atoms with Crippen LogP contribution >= 0.6 is 0 Å². The lowest BCUT2D eigenvalue weighted by molar-refractivity contribution is 0.0673. The van der Waals surface area contributed by atoms with Crippen LogP contribution in [0.1, 0.15) is 18.3 Å². The van der Waals surface area contributed by atoms with Crippen molar-refractivity contribution in [3.63, 3.8) is 0 Å². The average Bonchev–Trinajstić information content (AvgIpc) is 2.60. The van der Waals surface area contributed by atoms with Crippen LogP contribution in [0.15, 0.2) is 18.3 Å². The van der Waals surface area contributed by atoms with Crippen molar-refractivity contribution in [3.05, 3.63) is 29.7 Å². The van der Waals surface area contributed by atoms with Crippen molar-refractivity contribution in [3.8, 4) is 0 Å². The summed E-state index contributed by atoms with van der Waals surface area (Å²) in [6.45, 7) is 3.90. The number of rotatable bonds is 3. The maximum atomic E-state index is 9.90. The van der Waals surface area contributed by atoms with Gasteiger partial charge in [-0.3, -0.25) is 4.40 Å². The summed E-state index contributed by atoms with van der Waals surface area (Å²) in [7, 11) is 0. The first kappa shape index (κ1) is 11.0. The zero-order chi connectivity index (χ0) is 11.8. The van der Waals surface area contributed by atoms with Gasteiger partial charge in [0.25, 0.3) is 0 Å². The lowest BCUT2D eigenvalue weighted by atomic mass is 10.0. The van der Waals surface area contributed by atoms with Gasteiger partial charge in [-0.25, -0.2) is 0 Å². The first-order valence-corrected chi connectivity index (χ1v) is 5.24. The molecule has 0 radical (unpaired) electrons. The number of aryl methyl sites for hydroxylation is 1. The third kappa shape index (κ3) is 2.05. The van der Waals surface area contributed by atoms with E-state index < -0.39 is 5.60 Å². The summed E-state index contributed by atoms with van der Waals surface area (Å²) < 4.78 is 1.87. The largest absolute Gasteiger partial charge is 0.388 e. The van der Waals surface area contributed by atoms with Gasteiger partial charge in [-0.05, 0) is 31.5 Å². The zero-order valence-electron chi connectivity index (χ0n) is 9.51. The molecule has 0 saturated carbocycles. The fourth-order valence-corrected chi connectivity index (χ4v) is 1.58. The molecule has 2 aromatic heterocycles. The van der Waals surface area contributed by atoms with Crippen molar-refractivity contribution in [2.24, 2.45) is 5.73 Å². The van der Waals surface area contributed by atoms with Gasteiger partial charge in [-0.1, -0.05) is 0 Å². The van der Waals surface area contributed by atoms with Gasteiger partial charge in [0.15, 0.2) is 5.65 Å². The summed E-state index contributed by atoms with van der Waals surface area (Å²) in [5.41, 5.74) is 6.48. The second-order valence-corrected chi connectivity index (χ2v) is 4.43. The third-order valence-electron chi connectivity index (χ3n) is 2.61. The lowest BCUT2D eigenvalue weighted by Crippen LogP contribution is -2.37. The van der Waals surface area contributed by atoms with Crippen LogP contribution in [0.2, 0.25) is 0 Å². The number of nitrogens with two attached hydrogens (primary N) is 1. The Morgan fingerprint density at radius 1 is 1.50 bits per heavy atom. The minimum atomic E-state index is -0.937. The van der Waals surface area contributed by atoms with Crippen LogP contribution in [0.4, 0.5) is 0 Å². The normalized spacial score (nSPS) is 15.2. The number of pyridine rings is 1. The summed E-state index contributed by atoms with van der Waals surface area (Å²) in [6.07, 6.45) is 2.31. The molecule has 0 amide bonds. The summed E-state index contributed by atoms with van der Waals surface area (Å²) in [5.74, 6) is 0.727. The summed E-state index contributed by atoms with van der Waals surface area (Å²) in [4.78, 5) is 0. The Morgan fingerprint density at radius 2 is 2.25 bits per heavy atom. The van der Waals surface area contributed by atoms with Gasteiger partial charge < -0.3 is 10.8 Å². The van der Waals surface area contributed by atoms with Crippen molar-refractivity contribution >= 4 is 5.65 Å². The van der Waals surface area contributed by atoms with E-state index in [9.17, 15) is 5.11 Å². The molecular weight excluding hydrogens is 204 g/mol. The van der Waals surface area contributed by atoms with Gasteiger partial charge in [0, 0.05) is 19.2 Å². The molecule has 86 valence electrons. The molecule has 1 atom stereocenters. The van der Waals surface area contributed by atoms with Gasteiger partial charge in [0.1, 0.15) is 5.82 Å². The monoisotopic (exact) mass is 220 g/mol. The number of aliphatic hydroxyl groups is 1. The van der Waals surface area contributed by atoms with Crippen molar-refractivity contribution in [1.29, 1.82) is 0 Å². The highest BCUT2D eigenvalue weighted by Crippen LogP contribution is 2.12. The number of hydrogen-bond donors (Lipinski definition) is 2. The predicted octanol–water partition coefficient (Wildman–Crippen LogP) is 0.290. The van der Waals surface area contributed by atoms with Crippen molar-refractivity contribution in [2.45, 2.75) is 25.9 Å². The Bertz CT molecular complexity index is 504. The predicted molar refractivity (Wildman–Crippen MR) is 61.1 cm³/mol. The highest BCUT2D eigenvalue weighted by Gasteiger charge is 2.21. The molecule has 0 aliphatic heterocycles.